The van der Waals surface area contributed by atoms with E-state index in [-0.39, 0.29) is 5.91 Å². The Hall–Kier alpha value is -1.51. The Morgan fingerprint density at radius 3 is 2.11 bits per heavy atom. The first-order chi connectivity index (χ1) is 13.0. The number of amides is 1. The fourth-order valence-corrected chi connectivity index (χ4v) is 3.99. The molecule has 154 valence electrons. The minimum atomic E-state index is -0.865. The van der Waals surface area contributed by atoms with E-state index in [0.717, 1.165) is 0 Å². The molecule has 1 aromatic rings. The lowest BCUT2D eigenvalue weighted by molar-refractivity contribution is -0.229. The summed E-state index contributed by atoms with van der Waals surface area (Å²) in [6, 6.07) is 7.81. The first kappa shape index (κ1) is 19.8. The maximum Gasteiger partial charge on any atom is 0.256 e. The number of anilines is 1. The molecule has 3 fully saturated rings. The van der Waals surface area contributed by atoms with Gasteiger partial charge in [-0.25, -0.2) is 0 Å². The summed E-state index contributed by atoms with van der Waals surface area (Å²) in [5, 5.41) is 2.92. The third-order valence-corrected chi connectivity index (χ3v) is 5.26. The molecule has 0 aliphatic carbocycles. The maximum absolute atomic E-state index is 13.0. The maximum atomic E-state index is 13.0. The number of carbonyl (C=O) groups is 1. The molecule has 1 N–H and O–H groups in total. The van der Waals surface area contributed by atoms with E-state index in [1.807, 2.05) is 52.0 Å². The van der Waals surface area contributed by atoms with Crippen molar-refractivity contribution in [1.29, 1.82) is 0 Å². The van der Waals surface area contributed by atoms with E-state index in [9.17, 15) is 4.79 Å². The molecule has 3 saturated heterocycles. The van der Waals surface area contributed by atoms with Crippen molar-refractivity contribution in [1.82, 2.24) is 0 Å². The monoisotopic (exact) mass is 391 g/mol. The van der Waals surface area contributed by atoms with Gasteiger partial charge in [0, 0.05) is 5.69 Å². The predicted molar refractivity (Wildman–Crippen MR) is 102 cm³/mol. The van der Waals surface area contributed by atoms with E-state index >= 15 is 0 Å². The topological polar surface area (TPSA) is 75.3 Å². The minimum Gasteiger partial charge on any atom is -0.342 e. The van der Waals surface area contributed by atoms with Crippen LogP contribution in [0.2, 0.25) is 0 Å². The van der Waals surface area contributed by atoms with Crippen molar-refractivity contribution in [3.63, 3.8) is 0 Å². The smallest absolute Gasteiger partial charge is 0.256 e. The average Bonchev–Trinajstić information content (AvgIpc) is 3.08. The second kappa shape index (κ2) is 6.78. The van der Waals surface area contributed by atoms with Crippen molar-refractivity contribution >= 4 is 11.6 Å². The average molecular weight is 391 g/mol. The van der Waals surface area contributed by atoms with Gasteiger partial charge in [-0.05, 0) is 51.3 Å². The quantitative estimate of drug-likeness (QED) is 0.853. The minimum absolute atomic E-state index is 0.291. The van der Waals surface area contributed by atoms with Crippen molar-refractivity contribution in [2.24, 2.45) is 0 Å². The third kappa shape index (κ3) is 3.69. The SMILES string of the molecule is CC(C)c1ccc(NC(=O)[C@H]2O[C@H]3OC(C)(C)O[C@@H]3[C@@H]3OC(C)(C)O[C@@H]32)cc1. The molecule has 0 saturated carbocycles. The highest BCUT2D eigenvalue weighted by Crippen LogP contribution is 2.44. The molecule has 5 atom stereocenters. The van der Waals surface area contributed by atoms with Crippen LogP contribution in [0.15, 0.2) is 24.3 Å². The van der Waals surface area contributed by atoms with Gasteiger partial charge in [0.2, 0.25) is 0 Å². The molecular formula is C21H29NO6. The third-order valence-electron chi connectivity index (χ3n) is 5.26. The number of fused-ring (bicyclic) bond motifs is 3. The van der Waals surface area contributed by atoms with Crippen LogP contribution < -0.4 is 5.32 Å². The van der Waals surface area contributed by atoms with Gasteiger partial charge in [-0.15, -0.1) is 0 Å². The standard InChI is InChI=1S/C21H29NO6/c1-11(2)12-7-9-13(10-8-12)22-18(23)16-14-15(26-20(3,4)25-14)17-19(24-16)28-21(5,6)27-17/h7-11,14-17,19H,1-6H3,(H,22,23)/t14-,15+,16-,17+,19-/m0/s1. The molecular weight excluding hydrogens is 362 g/mol. The summed E-state index contributed by atoms with van der Waals surface area (Å²) in [7, 11) is 0. The predicted octanol–water partition coefficient (Wildman–Crippen LogP) is 3.15. The van der Waals surface area contributed by atoms with Crippen LogP contribution >= 0.6 is 0 Å². The lowest BCUT2D eigenvalue weighted by Crippen LogP contribution is -2.58. The molecule has 3 aliphatic rings. The number of rotatable bonds is 3. The van der Waals surface area contributed by atoms with Crippen LogP contribution in [0.5, 0.6) is 0 Å². The molecule has 7 heteroatoms. The van der Waals surface area contributed by atoms with Gasteiger partial charge in [0.15, 0.2) is 24.0 Å². The summed E-state index contributed by atoms with van der Waals surface area (Å²) >= 11 is 0. The van der Waals surface area contributed by atoms with Crippen LogP contribution in [0.3, 0.4) is 0 Å². The highest BCUT2D eigenvalue weighted by molar-refractivity contribution is 5.94. The number of benzene rings is 1. The van der Waals surface area contributed by atoms with Gasteiger partial charge < -0.3 is 29.0 Å². The fraction of sp³-hybridized carbons (Fsp3) is 0.667. The summed E-state index contributed by atoms with van der Waals surface area (Å²) in [5.41, 5.74) is 1.92. The molecule has 0 bridgehead atoms. The van der Waals surface area contributed by atoms with Crippen LogP contribution in [-0.2, 0) is 28.5 Å². The number of hydrogen-bond acceptors (Lipinski definition) is 6. The highest BCUT2D eigenvalue weighted by atomic mass is 16.9. The molecule has 0 aromatic heterocycles. The first-order valence-electron chi connectivity index (χ1n) is 9.82. The van der Waals surface area contributed by atoms with Gasteiger partial charge in [-0.2, -0.15) is 0 Å². The highest BCUT2D eigenvalue weighted by Gasteiger charge is 2.62. The lowest BCUT2D eigenvalue weighted by atomic mass is 9.98. The molecule has 7 nitrogen and oxygen atoms in total. The van der Waals surface area contributed by atoms with Crippen molar-refractivity contribution in [2.75, 3.05) is 5.32 Å². The summed E-state index contributed by atoms with van der Waals surface area (Å²) in [6.07, 6.45) is -3.03. The largest absolute Gasteiger partial charge is 0.342 e. The van der Waals surface area contributed by atoms with Gasteiger partial charge in [0.25, 0.3) is 5.91 Å². The number of carbonyl (C=O) groups excluding carboxylic acids is 1. The zero-order chi connectivity index (χ0) is 20.3. The summed E-state index contributed by atoms with van der Waals surface area (Å²) in [6.45, 7) is 11.5. The Labute approximate surface area is 165 Å². The summed E-state index contributed by atoms with van der Waals surface area (Å²) in [5.74, 6) is -1.51. The zero-order valence-electron chi connectivity index (χ0n) is 17.2. The second-order valence-electron chi connectivity index (χ2n) is 8.86. The fourth-order valence-electron chi connectivity index (χ4n) is 3.99. The van der Waals surface area contributed by atoms with Gasteiger partial charge in [0.1, 0.15) is 18.3 Å². The molecule has 1 amide bonds. The van der Waals surface area contributed by atoms with Crippen LogP contribution in [0.4, 0.5) is 5.69 Å². The Kier molecular flexibility index (Phi) is 4.79. The van der Waals surface area contributed by atoms with E-state index in [2.05, 4.69) is 19.2 Å². The molecule has 28 heavy (non-hydrogen) atoms. The van der Waals surface area contributed by atoms with E-state index in [1.165, 1.54) is 5.56 Å². The van der Waals surface area contributed by atoms with E-state index in [0.29, 0.717) is 11.6 Å². The van der Waals surface area contributed by atoms with E-state index in [4.69, 9.17) is 23.7 Å². The van der Waals surface area contributed by atoms with Gasteiger partial charge >= 0.3 is 0 Å². The Balaban J connectivity index is 1.53. The van der Waals surface area contributed by atoms with Gasteiger partial charge in [-0.3, -0.25) is 4.79 Å². The molecule has 1 aromatic carbocycles. The van der Waals surface area contributed by atoms with Crippen LogP contribution in [0.1, 0.15) is 53.0 Å². The number of nitrogens with one attached hydrogen (secondary N) is 1. The summed E-state index contributed by atoms with van der Waals surface area (Å²) < 4.78 is 29.8. The number of hydrogen-bond donors (Lipinski definition) is 1. The molecule has 3 heterocycles. The van der Waals surface area contributed by atoms with Gasteiger partial charge in [0.05, 0.1) is 0 Å². The molecule has 0 unspecified atom stereocenters. The second-order valence-corrected chi connectivity index (χ2v) is 8.86. The molecule has 4 rings (SSSR count). The van der Waals surface area contributed by atoms with Crippen molar-refractivity contribution < 1.29 is 28.5 Å². The van der Waals surface area contributed by atoms with E-state index < -0.39 is 42.3 Å². The molecule has 0 spiro atoms. The van der Waals surface area contributed by atoms with Crippen LogP contribution in [-0.4, -0.2) is 48.2 Å². The van der Waals surface area contributed by atoms with Crippen molar-refractivity contribution in [3.05, 3.63) is 29.8 Å². The van der Waals surface area contributed by atoms with Crippen molar-refractivity contribution in [2.45, 2.75) is 89.7 Å². The summed E-state index contributed by atoms with van der Waals surface area (Å²) in [4.78, 5) is 13.0. The Morgan fingerprint density at radius 2 is 1.46 bits per heavy atom. The van der Waals surface area contributed by atoms with Crippen LogP contribution in [0.25, 0.3) is 0 Å². The zero-order valence-corrected chi connectivity index (χ0v) is 17.2. The molecule has 0 radical (unpaired) electrons. The normalized spacial score (nSPS) is 35.5. The van der Waals surface area contributed by atoms with Crippen LogP contribution in [0, 0.1) is 0 Å². The van der Waals surface area contributed by atoms with E-state index in [1.54, 1.807) is 0 Å². The first-order valence-corrected chi connectivity index (χ1v) is 9.82. The number of ether oxygens (including phenoxy) is 5. The van der Waals surface area contributed by atoms with Gasteiger partial charge in [-0.1, -0.05) is 26.0 Å². The van der Waals surface area contributed by atoms with Crippen molar-refractivity contribution in [3.8, 4) is 0 Å². The Bertz CT molecular complexity index is 744. The Morgan fingerprint density at radius 1 is 0.893 bits per heavy atom. The molecule has 3 aliphatic heterocycles. The lowest BCUT2D eigenvalue weighted by Gasteiger charge is -2.36.